The van der Waals surface area contributed by atoms with Crippen molar-refractivity contribution in [3.05, 3.63) is 32.2 Å². The summed E-state index contributed by atoms with van der Waals surface area (Å²) in [5, 5.41) is 9.11. The van der Waals surface area contributed by atoms with Crippen LogP contribution in [0.1, 0.15) is 24.0 Å². The van der Waals surface area contributed by atoms with Gasteiger partial charge in [0.05, 0.1) is 5.92 Å². The molecule has 0 aromatic heterocycles. The monoisotopic (exact) mass is 389 g/mol. The summed E-state index contributed by atoms with van der Waals surface area (Å²) >= 11 is 7.11. The van der Waals surface area contributed by atoms with E-state index in [1.165, 1.54) is 11.1 Å². The van der Waals surface area contributed by atoms with Crippen LogP contribution in [0.25, 0.3) is 0 Å². The van der Waals surface area contributed by atoms with E-state index in [0.717, 1.165) is 34.9 Å². The third-order valence-electron chi connectivity index (χ3n) is 3.60. The van der Waals surface area contributed by atoms with Gasteiger partial charge in [0.2, 0.25) is 0 Å². The highest BCUT2D eigenvalue weighted by Gasteiger charge is 2.25. The van der Waals surface area contributed by atoms with Gasteiger partial charge in [-0.25, -0.2) is 0 Å². The van der Waals surface area contributed by atoms with Gasteiger partial charge in [-0.05, 0) is 49.6 Å². The number of hydrogen-bond donors (Lipinski definition) is 1. The van der Waals surface area contributed by atoms with E-state index in [1.54, 1.807) is 0 Å². The van der Waals surface area contributed by atoms with Crippen LogP contribution in [0.2, 0.25) is 0 Å². The highest BCUT2D eigenvalue weighted by atomic mass is 79.9. The van der Waals surface area contributed by atoms with Gasteiger partial charge in [-0.3, -0.25) is 9.69 Å². The van der Waals surface area contributed by atoms with Crippen molar-refractivity contribution < 1.29 is 9.90 Å². The molecule has 19 heavy (non-hydrogen) atoms. The fraction of sp³-hybridized carbons (Fsp3) is 0.500. The zero-order valence-corrected chi connectivity index (χ0v) is 14.0. The molecule has 1 heterocycles. The molecule has 0 bridgehead atoms. The van der Waals surface area contributed by atoms with Crippen molar-refractivity contribution in [2.24, 2.45) is 5.92 Å². The van der Waals surface area contributed by atoms with Gasteiger partial charge in [0.1, 0.15) is 0 Å². The number of hydrogen-bond acceptors (Lipinski definition) is 2. The molecule has 1 atom stereocenters. The largest absolute Gasteiger partial charge is 0.481 e. The quantitative estimate of drug-likeness (QED) is 0.852. The van der Waals surface area contributed by atoms with Crippen LogP contribution in [0, 0.1) is 12.8 Å². The maximum absolute atomic E-state index is 11.1. The Morgan fingerprint density at radius 1 is 1.42 bits per heavy atom. The minimum atomic E-state index is -0.670. The van der Waals surface area contributed by atoms with Crippen molar-refractivity contribution in [1.82, 2.24) is 4.90 Å². The number of halogens is 2. The fourth-order valence-electron chi connectivity index (χ4n) is 2.45. The summed E-state index contributed by atoms with van der Waals surface area (Å²) in [4.78, 5) is 13.3. The lowest BCUT2D eigenvalue weighted by Crippen LogP contribution is -2.38. The maximum atomic E-state index is 11.1. The average Bonchev–Trinajstić information content (AvgIpc) is 2.36. The zero-order valence-electron chi connectivity index (χ0n) is 10.8. The Bertz CT molecular complexity index is 467. The lowest BCUT2D eigenvalue weighted by atomic mass is 9.98. The molecule has 0 amide bonds. The van der Waals surface area contributed by atoms with Gasteiger partial charge in [0, 0.05) is 22.0 Å². The molecule has 1 aromatic carbocycles. The molecule has 1 N–H and O–H groups in total. The average molecular weight is 391 g/mol. The van der Waals surface area contributed by atoms with Crippen molar-refractivity contribution in [3.8, 4) is 0 Å². The molecule has 1 aromatic rings. The SMILES string of the molecule is Cc1c(Br)cc(CN2CCCC(C(=O)O)C2)cc1Br. The second-order valence-corrected chi connectivity index (χ2v) is 6.81. The summed E-state index contributed by atoms with van der Waals surface area (Å²) in [7, 11) is 0. The molecule has 2 rings (SSSR count). The summed E-state index contributed by atoms with van der Waals surface area (Å²) < 4.78 is 2.17. The predicted molar refractivity (Wildman–Crippen MR) is 82.2 cm³/mol. The molecule has 0 radical (unpaired) electrons. The highest BCUT2D eigenvalue weighted by Crippen LogP contribution is 2.28. The second kappa shape index (κ2) is 6.37. The van der Waals surface area contributed by atoms with E-state index >= 15 is 0 Å². The van der Waals surface area contributed by atoms with E-state index in [4.69, 9.17) is 5.11 Å². The molecule has 0 saturated carbocycles. The maximum Gasteiger partial charge on any atom is 0.307 e. The van der Waals surface area contributed by atoms with Crippen LogP contribution in [0.15, 0.2) is 21.1 Å². The van der Waals surface area contributed by atoms with E-state index in [0.29, 0.717) is 6.54 Å². The Kier molecular flexibility index (Phi) is 5.03. The van der Waals surface area contributed by atoms with Crippen molar-refractivity contribution in [2.75, 3.05) is 13.1 Å². The summed E-state index contributed by atoms with van der Waals surface area (Å²) in [5.41, 5.74) is 2.39. The van der Waals surface area contributed by atoms with Crippen LogP contribution in [-0.2, 0) is 11.3 Å². The van der Waals surface area contributed by atoms with Gasteiger partial charge >= 0.3 is 5.97 Å². The molecule has 1 aliphatic rings. The number of benzene rings is 1. The summed E-state index contributed by atoms with van der Waals surface area (Å²) in [5.74, 6) is -0.887. The molecule has 3 nitrogen and oxygen atoms in total. The third kappa shape index (κ3) is 3.80. The number of carbonyl (C=O) groups is 1. The van der Waals surface area contributed by atoms with Gasteiger partial charge in [-0.2, -0.15) is 0 Å². The summed E-state index contributed by atoms with van der Waals surface area (Å²) in [6, 6.07) is 4.23. The number of aliphatic carboxylic acids is 1. The Morgan fingerprint density at radius 3 is 2.63 bits per heavy atom. The van der Waals surface area contributed by atoms with Gasteiger partial charge in [-0.15, -0.1) is 0 Å². The molecule has 1 aliphatic heterocycles. The molecule has 0 aliphatic carbocycles. The van der Waals surface area contributed by atoms with Crippen LogP contribution in [-0.4, -0.2) is 29.1 Å². The number of nitrogens with zero attached hydrogens (tertiary/aromatic N) is 1. The van der Waals surface area contributed by atoms with E-state index in [9.17, 15) is 4.79 Å². The Labute approximate surface area is 130 Å². The first-order valence-electron chi connectivity index (χ1n) is 6.37. The Balaban J connectivity index is 2.07. The van der Waals surface area contributed by atoms with Crippen LogP contribution in [0.5, 0.6) is 0 Å². The normalized spacial score (nSPS) is 20.5. The van der Waals surface area contributed by atoms with Gasteiger partial charge in [-0.1, -0.05) is 31.9 Å². The standard InChI is InChI=1S/C14H17Br2NO2/c1-9-12(15)5-10(6-13(9)16)7-17-4-2-3-11(8-17)14(18)19/h5-6,11H,2-4,7-8H2,1H3,(H,18,19). The number of piperidine rings is 1. The first kappa shape index (κ1) is 15.0. The fourth-order valence-corrected chi connectivity index (χ4v) is 3.73. The van der Waals surface area contributed by atoms with Gasteiger partial charge < -0.3 is 5.11 Å². The first-order valence-corrected chi connectivity index (χ1v) is 7.95. The highest BCUT2D eigenvalue weighted by molar-refractivity contribution is 9.11. The first-order chi connectivity index (χ1) is 8.97. The number of rotatable bonds is 3. The minimum absolute atomic E-state index is 0.217. The molecule has 1 fully saturated rings. The number of likely N-dealkylation sites (tertiary alicyclic amines) is 1. The molecular weight excluding hydrogens is 374 g/mol. The zero-order chi connectivity index (χ0) is 14.0. The van der Waals surface area contributed by atoms with Crippen molar-refractivity contribution in [1.29, 1.82) is 0 Å². The lowest BCUT2D eigenvalue weighted by molar-refractivity contribution is -0.143. The van der Waals surface area contributed by atoms with Crippen molar-refractivity contribution in [3.63, 3.8) is 0 Å². The van der Waals surface area contributed by atoms with Crippen molar-refractivity contribution in [2.45, 2.75) is 26.3 Å². The van der Waals surface area contributed by atoms with Gasteiger partial charge in [0.25, 0.3) is 0 Å². The molecule has 1 unspecified atom stereocenters. The topological polar surface area (TPSA) is 40.5 Å². The molecule has 5 heteroatoms. The van der Waals surface area contributed by atoms with Gasteiger partial charge in [0.15, 0.2) is 0 Å². The Morgan fingerprint density at radius 2 is 2.05 bits per heavy atom. The summed E-state index contributed by atoms with van der Waals surface area (Å²) in [6.07, 6.45) is 1.76. The molecule has 104 valence electrons. The second-order valence-electron chi connectivity index (χ2n) is 5.10. The number of carboxylic acid groups (broad SMARTS) is 1. The molecular formula is C14H17Br2NO2. The Hall–Kier alpha value is -0.390. The summed E-state index contributed by atoms with van der Waals surface area (Å²) in [6.45, 7) is 4.49. The van der Waals surface area contributed by atoms with Crippen LogP contribution >= 0.6 is 31.9 Å². The van der Waals surface area contributed by atoms with Crippen LogP contribution in [0.3, 0.4) is 0 Å². The molecule has 1 saturated heterocycles. The predicted octanol–water partition coefficient (Wildman–Crippen LogP) is 3.82. The minimum Gasteiger partial charge on any atom is -0.481 e. The lowest BCUT2D eigenvalue weighted by Gasteiger charge is -2.30. The van der Waals surface area contributed by atoms with Crippen LogP contribution < -0.4 is 0 Å². The molecule has 0 spiro atoms. The van der Waals surface area contributed by atoms with E-state index < -0.39 is 5.97 Å². The van der Waals surface area contributed by atoms with Crippen molar-refractivity contribution >= 4 is 37.8 Å². The van der Waals surface area contributed by atoms with E-state index in [2.05, 4.69) is 55.8 Å². The smallest absolute Gasteiger partial charge is 0.307 e. The van der Waals surface area contributed by atoms with E-state index in [1.807, 2.05) is 0 Å². The van der Waals surface area contributed by atoms with E-state index in [-0.39, 0.29) is 5.92 Å². The third-order valence-corrected chi connectivity index (χ3v) is 5.25. The number of carboxylic acids is 1. The van der Waals surface area contributed by atoms with Crippen LogP contribution in [0.4, 0.5) is 0 Å².